The van der Waals surface area contributed by atoms with E-state index in [1.807, 2.05) is 65.2 Å². The van der Waals surface area contributed by atoms with E-state index in [-0.39, 0.29) is 0 Å². The Kier molecular flexibility index (Phi) is 4.41. The lowest BCUT2D eigenvalue weighted by Crippen LogP contribution is -2.18. The Hall–Kier alpha value is -3.12. The Morgan fingerprint density at radius 1 is 1.12 bits per heavy atom. The smallest absolute Gasteiger partial charge is 0.204 e. The van der Waals surface area contributed by atoms with Crippen molar-refractivity contribution in [2.45, 2.75) is 19.6 Å². The third kappa shape index (κ3) is 3.32. The third-order valence-electron chi connectivity index (χ3n) is 4.15. The van der Waals surface area contributed by atoms with Crippen LogP contribution in [0, 0.1) is 0 Å². The molecule has 0 aliphatic heterocycles. The molecule has 0 fully saturated rings. The number of aliphatic hydroxyl groups is 1. The molecular weight excluding hydrogens is 328 g/mol. The molecule has 4 rings (SSSR count). The first kappa shape index (κ1) is 16.4. The second kappa shape index (κ2) is 7.01. The van der Waals surface area contributed by atoms with Crippen molar-refractivity contribution < 1.29 is 9.63 Å². The number of aliphatic hydroxyl groups excluding tert-OH is 1. The number of aromatic nitrogens is 3. The zero-order chi connectivity index (χ0) is 17.9. The highest BCUT2D eigenvalue weighted by Gasteiger charge is 2.14. The van der Waals surface area contributed by atoms with E-state index in [0.717, 1.165) is 28.1 Å². The molecule has 0 bridgehead atoms. The van der Waals surface area contributed by atoms with Crippen molar-refractivity contribution in [3.63, 3.8) is 0 Å². The molecule has 2 aromatic heterocycles. The van der Waals surface area contributed by atoms with Crippen LogP contribution in [0.5, 0.6) is 0 Å². The van der Waals surface area contributed by atoms with E-state index in [2.05, 4.69) is 15.5 Å². The molecule has 0 amide bonds. The molecule has 4 aromatic rings. The molecule has 0 unspecified atom stereocenters. The average molecular weight is 348 g/mol. The molecule has 2 heterocycles. The van der Waals surface area contributed by atoms with E-state index in [4.69, 9.17) is 4.52 Å². The molecule has 0 spiro atoms. The molecule has 6 nitrogen and oxygen atoms in total. The summed E-state index contributed by atoms with van der Waals surface area (Å²) in [5.41, 5.74) is 3.71. The number of nitrogens with one attached hydrogen (secondary N) is 1. The minimum absolute atomic E-state index is 0.428. The van der Waals surface area contributed by atoms with E-state index in [0.29, 0.717) is 19.0 Å². The van der Waals surface area contributed by atoms with Crippen LogP contribution >= 0.6 is 0 Å². The van der Waals surface area contributed by atoms with Crippen molar-refractivity contribution in [2.24, 2.45) is 0 Å². The lowest BCUT2D eigenvalue weighted by atomic mass is 10.1. The van der Waals surface area contributed by atoms with Crippen LogP contribution < -0.4 is 5.32 Å². The fourth-order valence-corrected chi connectivity index (χ4v) is 2.90. The Morgan fingerprint density at radius 2 is 1.88 bits per heavy atom. The number of fused-ring (bicyclic) bond motifs is 1. The average Bonchev–Trinajstić information content (AvgIpc) is 3.26. The summed E-state index contributed by atoms with van der Waals surface area (Å²) in [6, 6.07) is 19.8. The molecule has 26 heavy (non-hydrogen) atoms. The highest BCUT2D eigenvalue weighted by Crippen LogP contribution is 2.24. The van der Waals surface area contributed by atoms with E-state index in [1.165, 1.54) is 0 Å². The summed E-state index contributed by atoms with van der Waals surface area (Å²) in [7, 11) is 0. The number of anilines is 1. The van der Waals surface area contributed by atoms with Gasteiger partial charge in [0.2, 0.25) is 5.95 Å². The van der Waals surface area contributed by atoms with Crippen molar-refractivity contribution in [2.75, 3.05) is 11.9 Å². The molecule has 0 aliphatic rings. The molecule has 2 N–H and O–H groups in total. The first-order chi connectivity index (χ1) is 12.7. The number of rotatable bonds is 6. The van der Waals surface area contributed by atoms with Gasteiger partial charge in [-0.3, -0.25) is 0 Å². The fourth-order valence-electron chi connectivity index (χ4n) is 2.90. The predicted molar refractivity (Wildman–Crippen MR) is 101 cm³/mol. The second-order valence-corrected chi connectivity index (χ2v) is 6.29. The summed E-state index contributed by atoms with van der Waals surface area (Å²) in [4.78, 5) is 4.63. The number of imidazole rings is 1. The zero-order valence-corrected chi connectivity index (χ0v) is 14.5. The topological polar surface area (TPSA) is 76.1 Å². The molecule has 2 aromatic carbocycles. The maximum Gasteiger partial charge on any atom is 0.204 e. The van der Waals surface area contributed by atoms with E-state index < -0.39 is 6.10 Å². The molecule has 0 saturated heterocycles. The van der Waals surface area contributed by atoms with Crippen molar-refractivity contribution in [1.29, 1.82) is 0 Å². The van der Waals surface area contributed by atoms with Gasteiger partial charge >= 0.3 is 0 Å². The summed E-state index contributed by atoms with van der Waals surface area (Å²) in [5, 5.41) is 17.0. The minimum atomic E-state index is -0.458. The van der Waals surface area contributed by atoms with Crippen molar-refractivity contribution >= 4 is 17.0 Å². The maximum atomic E-state index is 9.57. The van der Waals surface area contributed by atoms with Gasteiger partial charge in [0.15, 0.2) is 5.76 Å². The van der Waals surface area contributed by atoms with Gasteiger partial charge in [0.05, 0.1) is 23.7 Å². The predicted octanol–water partition coefficient (Wildman–Crippen LogP) is 3.53. The number of hydrogen-bond donors (Lipinski definition) is 2. The maximum absolute atomic E-state index is 9.57. The van der Waals surface area contributed by atoms with Crippen LogP contribution in [0.4, 0.5) is 5.95 Å². The van der Waals surface area contributed by atoms with Crippen LogP contribution in [-0.2, 0) is 6.54 Å². The van der Waals surface area contributed by atoms with Gasteiger partial charge < -0.3 is 19.5 Å². The van der Waals surface area contributed by atoms with Gasteiger partial charge in [-0.1, -0.05) is 47.6 Å². The van der Waals surface area contributed by atoms with Gasteiger partial charge in [0, 0.05) is 18.2 Å². The molecular formula is C20H20N4O2. The summed E-state index contributed by atoms with van der Waals surface area (Å²) >= 11 is 0. The van der Waals surface area contributed by atoms with Crippen LogP contribution in [0.2, 0.25) is 0 Å². The van der Waals surface area contributed by atoms with Crippen LogP contribution in [0.15, 0.2) is 65.2 Å². The molecule has 0 radical (unpaired) electrons. The monoisotopic (exact) mass is 348 g/mol. The Labute approximate surface area is 151 Å². The first-order valence-electron chi connectivity index (χ1n) is 8.59. The van der Waals surface area contributed by atoms with E-state index in [1.54, 1.807) is 6.92 Å². The number of nitrogens with zero attached hydrogens (tertiary/aromatic N) is 3. The second-order valence-electron chi connectivity index (χ2n) is 6.29. The SMILES string of the molecule is C[C@H](O)CNc1nc2ccccc2n1Cc1cc(-c2ccccc2)on1. The van der Waals surface area contributed by atoms with E-state index in [9.17, 15) is 5.11 Å². The molecule has 0 saturated carbocycles. The van der Waals surface area contributed by atoms with Crippen LogP contribution in [0.3, 0.4) is 0 Å². The fraction of sp³-hybridized carbons (Fsp3) is 0.200. The van der Waals surface area contributed by atoms with Gasteiger partial charge in [-0.15, -0.1) is 0 Å². The molecule has 0 aliphatic carbocycles. The lowest BCUT2D eigenvalue weighted by Gasteiger charge is -2.10. The van der Waals surface area contributed by atoms with Crippen molar-refractivity contribution in [3.05, 3.63) is 66.4 Å². The summed E-state index contributed by atoms with van der Waals surface area (Å²) in [6.45, 7) is 2.69. The van der Waals surface area contributed by atoms with Gasteiger partial charge in [-0.2, -0.15) is 0 Å². The number of benzene rings is 2. The number of hydrogen-bond acceptors (Lipinski definition) is 5. The van der Waals surface area contributed by atoms with Crippen molar-refractivity contribution in [3.8, 4) is 11.3 Å². The van der Waals surface area contributed by atoms with Gasteiger partial charge in [0.1, 0.15) is 5.69 Å². The van der Waals surface area contributed by atoms with Gasteiger partial charge in [0.25, 0.3) is 0 Å². The highest BCUT2D eigenvalue weighted by atomic mass is 16.5. The Morgan fingerprint density at radius 3 is 2.69 bits per heavy atom. The van der Waals surface area contributed by atoms with Gasteiger partial charge in [-0.25, -0.2) is 4.98 Å². The largest absolute Gasteiger partial charge is 0.392 e. The summed E-state index contributed by atoms with van der Waals surface area (Å²) in [5.74, 6) is 1.44. The van der Waals surface area contributed by atoms with Crippen LogP contribution in [0.25, 0.3) is 22.4 Å². The third-order valence-corrected chi connectivity index (χ3v) is 4.15. The highest BCUT2D eigenvalue weighted by molar-refractivity contribution is 5.78. The summed E-state index contributed by atoms with van der Waals surface area (Å²) < 4.78 is 7.55. The molecule has 132 valence electrons. The zero-order valence-electron chi connectivity index (χ0n) is 14.5. The number of para-hydroxylation sites is 2. The Balaban J connectivity index is 1.66. The normalized spacial score (nSPS) is 12.4. The van der Waals surface area contributed by atoms with Crippen molar-refractivity contribution in [1.82, 2.24) is 14.7 Å². The first-order valence-corrected chi connectivity index (χ1v) is 8.59. The quantitative estimate of drug-likeness (QED) is 0.557. The lowest BCUT2D eigenvalue weighted by molar-refractivity contribution is 0.208. The standard InChI is InChI=1S/C20H20N4O2/c1-14(25)12-21-20-22-17-9-5-6-10-18(17)24(20)13-16-11-19(26-23-16)15-7-3-2-4-8-15/h2-11,14,25H,12-13H2,1H3,(H,21,22)/t14-/m0/s1. The van der Waals surface area contributed by atoms with Gasteiger partial charge in [-0.05, 0) is 19.1 Å². The minimum Gasteiger partial charge on any atom is -0.392 e. The Bertz CT molecular complexity index is 1010. The molecule has 6 heteroatoms. The van der Waals surface area contributed by atoms with E-state index >= 15 is 0 Å². The molecule has 1 atom stereocenters. The van der Waals surface area contributed by atoms with Crippen LogP contribution in [0.1, 0.15) is 12.6 Å². The summed E-state index contributed by atoms with van der Waals surface area (Å²) in [6.07, 6.45) is -0.458. The van der Waals surface area contributed by atoms with Crippen LogP contribution in [-0.4, -0.2) is 32.5 Å².